The first-order valence-corrected chi connectivity index (χ1v) is 3.81. The molecule has 0 saturated heterocycles. The van der Waals surface area contributed by atoms with Crippen molar-refractivity contribution in [2.24, 2.45) is 0 Å². The molecular weight excluding hydrogens is 215 g/mol. The number of aryl methyl sites for hydroxylation is 1. The highest BCUT2D eigenvalue weighted by atomic mass is 19.3. The Bertz CT molecular complexity index is 395. The third-order valence-electron chi connectivity index (χ3n) is 1.66. The number of benzene rings is 1. The summed E-state index contributed by atoms with van der Waals surface area (Å²) in [6.07, 6.45) is 0. The molecule has 0 radical (unpaired) electrons. The van der Waals surface area contributed by atoms with Crippen molar-refractivity contribution >= 4 is 5.69 Å². The maximum Gasteiger partial charge on any atom is 0.387 e. The van der Waals surface area contributed by atoms with Crippen LogP contribution in [0.25, 0.3) is 0 Å². The molecule has 0 aliphatic rings. The SMILES string of the molecule is Cc1cc(OC(F)F)c(F)cc1[N+](=O)[O-]. The van der Waals surface area contributed by atoms with E-state index >= 15 is 0 Å². The number of hydrogen-bond acceptors (Lipinski definition) is 3. The molecule has 0 unspecified atom stereocenters. The van der Waals surface area contributed by atoms with Crippen molar-refractivity contribution in [2.45, 2.75) is 13.5 Å². The lowest BCUT2D eigenvalue weighted by Gasteiger charge is -2.06. The van der Waals surface area contributed by atoms with E-state index in [1.54, 1.807) is 0 Å². The van der Waals surface area contributed by atoms with E-state index in [4.69, 9.17) is 0 Å². The van der Waals surface area contributed by atoms with Gasteiger partial charge in [-0.2, -0.15) is 8.78 Å². The summed E-state index contributed by atoms with van der Waals surface area (Å²) in [6.45, 7) is -1.86. The van der Waals surface area contributed by atoms with Crippen LogP contribution in [0, 0.1) is 22.9 Å². The summed E-state index contributed by atoms with van der Waals surface area (Å²) >= 11 is 0. The van der Waals surface area contributed by atoms with E-state index in [1.807, 2.05) is 0 Å². The van der Waals surface area contributed by atoms with E-state index < -0.39 is 28.8 Å². The van der Waals surface area contributed by atoms with E-state index in [0.717, 1.165) is 6.07 Å². The van der Waals surface area contributed by atoms with Crippen molar-refractivity contribution in [1.29, 1.82) is 0 Å². The smallest absolute Gasteiger partial charge is 0.387 e. The molecule has 0 N–H and O–H groups in total. The highest BCUT2D eigenvalue weighted by Gasteiger charge is 2.18. The van der Waals surface area contributed by atoms with Gasteiger partial charge in [-0.05, 0) is 13.0 Å². The molecule has 0 aliphatic heterocycles. The van der Waals surface area contributed by atoms with Gasteiger partial charge in [0.1, 0.15) is 0 Å². The summed E-state index contributed by atoms with van der Waals surface area (Å²) in [5.41, 5.74) is -0.425. The molecule has 0 aliphatic carbocycles. The van der Waals surface area contributed by atoms with Gasteiger partial charge in [0, 0.05) is 5.56 Å². The fourth-order valence-electron chi connectivity index (χ4n) is 1.03. The molecule has 0 amide bonds. The lowest BCUT2D eigenvalue weighted by atomic mass is 10.2. The number of alkyl halides is 2. The minimum Gasteiger partial charge on any atom is -0.432 e. The van der Waals surface area contributed by atoms with Gasteiger partial charge < -0.3 is 4.74 Å². The average molecular weight is 221 g/mol. The lowest BCUT2D eigenvalue weighted by Crippen LogP contribution is -2.04. The number of nitrogens with zero attached hydrogens (tertiary/aromatic N) is 1. The number of nitro benzene ring substituents is 1. The predicted molar refractivity (Wildman–Crippen MR) is 44.4 cm³/mol. The van der Waals surface area contributed by atoms with Gasteiger partial charge in [-0.25, -0.2) is 4.39 Å². The van der Waals surface area contributed by atoms with Crippen molar-refractivity contribution in [3.05, 3.63) is 33.6 Å². The molecule has 1 rings (SSSR count). The van der Waals surface area contributed by atoms with Crippen LogP contribution >= 0.6 is 0 Å². The van der Waals surface area contributed by atoms with E-state index in [1.165, 1.54) is 6.92 Å². The Kier molecular flexibility index (Phi) is 3.13. The Morgan fingerprint density at radius 1 is 1.47 bits per heavy atom. The maximum absolute atomic E-state index is 13.0. The Morgan fingerprint density at radius 3 is 2.53 bits per heavy atom. The number of rotatable bonds is 3. The van der Waals surface area contributed by atoms with Gasteiger partial charge in [0.15, 0.2) is 11.6 Å². The number of ether oxygens (including phenoxy) is 1. The number of hydrogen-bond donors (Lipinski definition) is 0. The van der Waals surface area contributed by atoms with Crippen LogP contribution in [0.15, 0.2) is 12.1 Å². The van der Waals surface area contributed by atoms with Crippen LogP contribution < -0.4 is 4.74 Å². The van der Waals surface area contributed by atoms with Crippen LogP contribution in [-0.2, 0) is 0 Å². The zero-order chi connectivity index (χ0) is 11.6. The molecule has 0 saturated carbocycles. The number of halogens is 3. The van der Waals surface area contributed by atoms with E-state index in [0.29, 0.717) is 6.07 Å². The first kappa shape index (κ1) is 11.3. The van der Waals surface area contributed by atoms with Crippen LogP contribution in [0.3, 0.4) is 0 Å². The lowest BCUT2D eigenvalue weighted by molar-refractivity contribution is -0.385. The summed E-state index contributed by atoms with van der Waals surface area (Å²) in [6, 6.07) is 1.41. The van der Waals surface area contributed by atoms with Crippen molar-refractivity contribution in [1.82, 2.24) is 0 Å². The van der Waals surface area contributed by atoms with E-state index in [9.17, 15) is 23.3 Å². The summed E-state index contributed by atoms with van der Waals surface area (Å²) in [5.74, 6) is -1.89. The zero-order valence-corrected chi connectivity index (χ0v) is 7.54. The second-order valence-corrected chi connectivity index (χ2v) is 2.70. The van der Waals surface area contributed by atoms with Gasteiger partial charge in [-0.3, -0.25) is 10.1 Å². The molecule has 0 heterocycles. The van der Waals surface area contributed by atoms with Gasteiger partial charge >= 0.3 is 6.61 Å². The molecular formula is C8H6F3NO3. The normalized spacial score (nSPS) is 10.5. The predicted octanol–water partition coefficient (Wildman–Crippen LogP) is 2.64. The molecule has 0 aromatic heterocycles. The molecule has 1 aromatic rings. The molecule has 0 spiro atoms. The molecule has 0 bridgehead atoms. The maximum atomic E-state index is 13.0. The first-order chi connectivity index (χ1) is 6.91. The first-order valence-electron chi connectivity index (χ1n) is 3.81. The van der Waals surface area contributed by atoms with Crippen molar-refractivity contribution in [2.75, 3.05) is 0 Å². The van der Waals surface area contributed by atoms with Gasteiger partial charge in [-0.15, -0.1) is 0 Å². The summed E-state index contributed by atoms with van der Waals surface area (Å²) in [4.78, 5) is 9.56. The summed E-state index contributed by atoms with van der Waals surface area (Å²) < 4.78 is 40.4. The minimum absolute atomic E-state index is 0.0528. The molecule has 7 heteroatoms. The zero-order valence-electron chi connectivity index (χ0n) is 7.54. The Hall–Kier alpha value is -1.79. The van der Waals surface area contributed by atoms with Crippen molar-refractivity contribution < 1.29 is 22.8 Å². The van der Waals surface area contributed by atoms with Gasteiger partial charge in [0.2, 0.25) is 0 Å². The average Bonchev–Trinajstić information content (AvgIpc) is 2.09. The molecule has 4 nitrogen and oxygen atoms in total. The van der Waals surface area contributed by atoms with E-state index in [2.05, 4.69) is 4.74 Å². The van der Waals surface area contributed by atoms with Crippen molar-refractivity contribution in [3.8, 4) is 5.75 Å². The Morgan fingerprint density at radius 2 is 2.07 bits per heavy atom. The van der Waals surface area contributed by atoms with Crippen molar-refractivity contribution in [3.63, 3.8) is 0 Å². The molecule has 15 heavy (non-hydrogen) atoms. The van der Waals surface area contributed by atoms with Crippen LogP contribution in [0.2, 0.25) is 0 Å². The third kappa shape index (κ3) is 2.58. The topological polar surface area (TPSA) is 52.4 Å². The molecule has 0 atom stereocenters. The molecule has 1 aromatic carbocycles. The van der Waals surface area contributed by atoms with Crippen LogP contribution in [-0.4, -0.2) is 11.5 Å². The Balaban J connectivity index is 3.13. The largest absolute Gasteiger partial charge is 0.432 e. The highest BCUT2D eigenvalue weighted by molar-refractivity contribution is 5.45. The fraction of sp³-hybridized carbons (Fsp3) is 0.250. The van der Waals surface area contributed by atoms with Crippen LogP contribution in [0.4, 0.5) is 18.9 Å². The van der Waals surface area contributed by atoms with E-state index in [-0.39, 0.29) is 5.56 Å². The monoisotopic (exact) mass is 221 g/mol. The highest BCUT2D eigenvalue weighted by Crippen LogP contribution is 2.27. The Labute approximate surface area is 82.4 Å². The standard InChI is InChI=1S/C8H6F3NO3/c1-4-2-7(15-8(10)11)5(9)3-6(4)12(13)14/h2-3,8H,1H3. The van der Waals surface area contributed by atoms with Crippen LogP contribution in [0.1, 0.15) is 5.56 Å². The minimum atomic E-state index is -3.17. The summed E-state index contributed by atoms with van der Waals surface area (Å²) in [5, 5.41) is 10.4. The molecule has 82 valence electrons. The van der Waals surface area contributed by atoms with Gasteiger partial charge in [0.25, 0.3) is 5.69 Å². The van der Waals surface area contributed by atoms with Gasteiger partial charge in [-0.1, -0.05) is 0 Å². The summed E-state index contributed by atoms with van der Waals surface area (Å²) in [7, 11) is 0. The quantitative estimate of drug-likeness (QED) is 0.582. The van der Waals surface area contributed by atoms with Crippen LogP contribution in [0.5, 0.6) is 5.75 Å². The second kappa shape index (κ2) is 4.16. The molecule has 0 fully saturated rings. The van der Waals surface area contributed by atoms with Gasteiger partial charge in [0.05, 0.1) is 11.0 Å². The third-order valence-corrected chi connectivity index (χ3v) is 1.66. The number of nitro groups is 1. The fourth-order valence-corrected chi connectivity index (χ4v) is 1.03. The second-order valence-electron chi connectivity index (χ2n) is 2.70.